The highest BCUT2D eigenvalue weighted by atomic mass is 16.1. The minimum Gasteiger partial charge on any atom is -0.289 e. The van der Waals surface area contributed by atoms with Crippen LogP contribution in [0.4, 0.5) is 0 Å². The first-order chi connectivity index (χ1) is 8.86. The first-order valence-electron chi connectivity index (χ1n) is 5.64. The molecule has 0 fully saturated rings. The van der Waals surface area contributed by atoms with Crippen LogP contribution >= 0.6 is 0 Å². The summed E-state index contributed by atoms with van der Waals surface area (Å²) in [6.45, 7) is 0. The van der Waals surface area contributed by atoms with Gasteiger partial charge in [0, 0.05) is 41.3 Å². The maximum atomic E-state index is 12.4. The number of rotatable bonds is 2. The van der Waals surface area contributed by atoms with Gasteiger partial charge in [0.05, 0.1) is 0 Å². The number of benzene rings is 1. The van der Waals surface area contributed by atoms with Crippen molar-refractivity contribution < 1.29 is 4.79 Å². The molecule has 0 unspecified atom stereocenters. The Kier molecular flexibility index (Phi) is 2.57. The summed E-state index contributed by atoms with van der Waals surface area (Å²) in [5, 5.41) is 1.88. The normalized spacial score (nSPS) is 10.4. The van der Waals surface area contributed by atoms with Crippen LogP contribution < -0.4 is 0 Å². The fourth-order valence-electron chi connectivity index (χ4n) is 1.97. The van der Waals surface area contributed by atoms with E-state index in [0.717, 1.165) is 10.8 Å². The maximum absolute atomic E-state index is 12.4. The summed E-state index contributed by atoms with van der Waals surface area (Å²) < 4.78 is 0. The molecule has 0 N–H and O–H groups in total. The minimum atomic E-state index is -0.0140. The second kappa shape index (κ2) is 4.37. The Morgan fingerprint density at radius 1 is 0.889 bits per heavy atom. The molecule has 0 bridgehead atoms. The van der Waals surface area contributed by atoms with Gasteiger partial charge in [-0.25, -0.2) is 0 Å². The summed E-state index contributed by atoms with van der Waals surface area (Å²) in [7, 11) is 0. The highest BCUT2D eigenvalue weighted by Crippen LogP contribution is 2.20. The lowest BCUT2D eigenvalue weighted by Crippen LogP contribution is -2.02. The van der Waals surface area contributed by atoms with Crippen LogP contribution in [0.15, 0.2) is 61.2 Å². The van der Waals surface area contributed by atoms with E-state index >= 15 is 0 Å². The third-order valence-corrected chi connectivity index (χ3v) is 2.85. The number of pyridine rings is 2. The topological polar surface area (TPSA) is 42.9 Å². The lowest BCUT2D eigenvalue weighted by atomic mass is 9.99. The zero-order valence-electron chi connectivity index (χ0n) is 9.58. The van der Waals surface area contributed by atoms with Crippen molar-refractivity contribution in [2.24, 2.45) is 0 Å². The predicted molar refractivity (Wildman–Crippen MR) is 69.4 cm³/mol. The fourth-order valence-corrected chi connectivity index (χ4v) is 1.97. The molecular formula is C15H10N2O. The number of carbonyl (C=O) groups excluding carboxylic acids is 1. The highest BCUT2D eigenvalue weighted by molar-refractivity contribution is 6.16. The Morgan fingerprint density at radius 3 is 2.61 bits per heavy atom. The van der Waals surface area contributed by atoms with Crippen LogP contribution in [-0.2, 0) is 0 Å². The maximum Gasteiger partial charge on any atom is 0.195 e. The number of ketones is 1. The quantitative estimate of drug-likeness (QED) is 0.640. The van der Waals surface area contributed by atoms with E-state index < -0.39 is 0 Å². The SMILES string of the molecule is O=C(c1cccnc1)c1cccc2cnccc12. The molecule has 0 saturated carbocycles. The molecule has 86 valence electrons. The van der Waals surface area contributed by atoms with Crippen LogP contribution in [0.1, 0.15) is 15.9 Å². The van der Waals surface area contributed by atoms with Crippen LogP contribution in [-0.4, -0.2) is 15.8 Å². The van der Waals surface area contributed by atoms with Crippen molar-refractivity contribution in [1.82, 2.24) is 9.97 Å². The van der Waals surface area contributed by atoms with Gasteiger partial charge in [-0.1, -0.05) is 18.2 Å². The second-order valence-electron chi connectivity index (χ2n) is 3.97. The van der Waals surface area contributed by atoms with Gasteiger partial charge >= 0.3 is 0 Å². The highest BCUT2D eigenvalue weighted by Gasteiger charge is 2.11. The molecule has 1 aromatic carbocycles. The molecule has 18 heavy (non-hydrogen) atoms. The summed E-state index contributed by atoms with van der Waals surface area (Å²) >= 11 is 0. The van der Waals surface area contributed by atoms with E-state index in [9.17, 15) is 4.79 Å². The van der Waals surface area contributed by atoms with Crippen LogP contribution in [0.5, 0.6) is 0 Å². The summed E-state index contributed by atoms with van der Waals surface area (Å²) in [6, 6.07) is 11.0. The molecule has 3 rings (SSSR count). The predicted octanol–water partition coefficient (Wildman–Crippen LogP) is 2.86. The number of hydrogen-bond acceptors (Lipinski definition) is 3. The Morgan fingerprint density at radius 2 is 1.78 bits per heavy atom. The largest absolute Gasteiger partial charge is 0.289 e. The number of aromatic nitrogens is 2. The fraction of sp³-hybridized carbons (Fsp3) is 0. The van der Waals surface area contributed by atoms with Gasteiger partial charge in [-0.05, 0) is 23.6 Å². The third-order valence-electron chi connectivity index (χ3n) is 2.85. The minimum absolute atomic E-state index is 0.0140. The molecule has 2 aromatic heterocycles. The first-order valence-corrected chi connectivity index (χ1v) is 5.64. The molecule has 3 heteroatoms. The van der Waals surface area contributed by atoms with Crippen molar-refractivity contribution in [2.75, 3.05) is 0 Å². The van der Waals surface area contributed by atoms with Crippen molar-refractivity contribution in [3.05, 3.63) is 72.3 Å². The van der Waals surface area contributed by atoms with Gasteiger partial charge in [0.1, 0.15) is 0 Å². The van der Waals surface area contributed by atoms with Gasteiger partial charge in [-0.2, -0.15) is 0 Å². The molecule has 0 aliphatic rings. The van der Waals surface area contributed by atoms with Crippen molar-refractivity contribution in [1.29, 1.82) is 0 Å². The summed E-state index contributed by atoms with van der Waals surface area (Å²) in [5.41, 5.74) is 1.28. The molecular weight excluding hydrogens is 224 g/mol. The van der Waals surface area contributed by atoms with Gasteiger partial charge in [0.2, 0.25) is 0 Å². The van der Waals surface area contributed by atoms with Crippen molar-refractivity contribution in [3.63, 3.8) is 0 Å². The Hall–Kier alpha value is -2.55. The average molecular weight is 234 g/mol. The second-order valence-corrected chi connectivity index (χ2v) is 3.97. The first kappa shape index (κ1) is 10.6. The van der Waals surface area contributed by atoms with E-state index in [1.807, 2.05) is 24.3 Å². The van der Waals surface area contributed by atoms with E-state index in [1.165, 1.54) is 0 Å². The molecule has 2 heterocycles. The number of fused-ring (bicyclic) bond motifs is 1. The molecule has 0 atom stereocenters. The summed E-state index contributed by atoms with van der Waals surface area (Å²) in [4.78, 5) is 20.4. The van der Waals surface area contributed by atoms with E-state index in [4.69, 9.17) is 0 Å². The van der Waals surface area contributed by atoms with Gasteiger partial charge < -0.3 is 0 Å². The Balaban J connectivity index is 2.18. The van der Waals surface area contributed by atoms with Crippen LogP contribution in [0.25, 0.3) is 10.8 Å². The van der Waals surface area contributed by atoms with Gasteiger partial charge in [0.15, 0.2) is 5.78 Å². The lowest BCUT2D eigenvalue weighted by molar-refractivity contribution is 0.104. The third kappa shape index (κ3) is 1.76. The molecule has 0 saturated heterocycles. The number of carbonyl (C=O) groups is 1. The zero-order valence-corrected chi connectivity index (χ0v) is 9.58. The van der Waals surface area contributed by atoms with Crippen molar-refractivity contribution in [2.45, 2.75) is 0 Å². The lowest BCUT2D eigenvalue weighted by Gasteiger charge is -2.04. The summed E-state index contributed by atoms with van der Waals surface area (Å²) in [6.07, 6.45) is 6.70. The van der Waals surface area contributed by atoms with Gasteiger partial charge in [-0.3, -0.25) is 14.8 Å². The Bertz CT molecular complexity index is 703. The molecule has 0 aliphatic carbocycles. The molecule has 3 nitrogen and oxygen atoms in total. The standard InChI is InChI=1S/C15H10N2O/c18-15(12-4-2-7-16-10-12)14-5-1-3-11-9-17-8-6-13(11)14/h1-10H. The van der Waals surface area contributed by atoms with Crippen molar-refractivity contribution in [3.8, 4) is 0 Å². The molecule has 0 amide bonds. The van der Waals surface area contributed by atoms with E-state index in [-0.39, 0.29) is 5.78 Å². The average Bonchev–Trinajstić information content (AvgIpc) is 2.47. The van der Waals surface area contributed by atoms with Crippen LogP contribution in [0.2, 0.25) is 0 Å². The summed E-state index contributed by atoms with van der Waals surface area (Å²) in [5.74, 6) is -0.0140. The molecule has 0 aliphatic heterocycles. The smallest absolute Gasteiger partial charge is 0.195 e. The van der Waals surface area contributed by atoms with E-state index in [2.05, 4.69) is 9.97 Å². The van der Waals surface area contributed by atoms with Crippen molar-refractivity contribution >= 4 is 16.6 Å². The molecule has 0 radical (unpaired) electrons. The monoisotopic (exact) mass is 234 g/mol. The number of nitrogens with zero attached hydrogens (tertiary/aromatic N) is 2. The molecule has 3 aromatic rings. The number of hydrogen-bond donors (Lipinski definition) is 0. The zero-order chi connectivity index (χ0) is 12.4. The van der Waals surface area contributed by atoms with E-state index in [0.29, 0.717) is 11.1 Å². The Labute approximate surface area is 104 Å². The molecule has 0 spiro atoms. The van der Waals surface area contributed by atoms with Gasteiger partial charge in [0.25, 0.3) is 0 Å². The van der Waals surface area contributed by atoms with E-state index in [1.54, 1.807) is 36.9 Å². The van der Waals surface area contributed by atoms with Crippen LogP contribution in [0.3, 0.4) is 0 Å². The van der Waals surface area contributed by atoms with Gasteiger partial charge in [-0.15, -0.1) is 0 Å². The van der Waals surface area contributed by atoms with Crippen LogP contribution in [0, 0.1) is 0 Å².